The maximum absolute atomic E-state index is 7.00. The van der Waals surface area contributed by atoms with Crippen LogP contribution in [0.3, 0.4) is 0 Å². The largest absolute Gasteiger partial charge is 0.482 e. The molecule has 0 saturated heterocycles. The second-order valence-electron chi connectivity index (χ2n) is 2.16. The molecule has 0 aliphatic heterocycles. The minimum Gasteiger partial charge on any atom is -0.429 e. The van der Waals surface area contributed by atoms with Crippen molar-refractivity contribution < 1.29 is 10.0 Å². The molecule has 0 amide bonds. The van der Waals surface area contributed by atoms with Crippen LogP contribution in [-0.4, -0.2) is 27.7 Å². The molecule has 0 unspecified atom stereocenters. The van der Waals surface area contributed by atoms with Gasteiger partial charge in [-0.25, -0.2) is 0 Å². The van der Waals surface area contributed by atoms with Gasteiger partial charge in [0.05, 0.1) is 0 Å². The Balaban J connectivity index is 0.000000210. The molecule has 0 fully saturated rings. The molecular formula is C10H12BN2O2. The lowest BCUT2D eigenvalue weighted by atomic mass is 10.5. The summed E-state index contributed by atoms with van der Waals surface area (Å²) in [6.07, 6.45) is 7.00. The fraction of sp³-hybridized carbons (Fsp3) is 0. The Labute approximate surface area is 89.6 Å². The van der Waals surface area contributed by atoms with E-state index in [0.29, 0.717) is 0 Å². The predicted octanol–water partition coefficient (Wildman–Crippen LogP) is 0.668. The standard InChI is InChI=1S/2C5H5N.BH2O2/c2*1-2-4-6-5-3-1;2-1-3/h2*1-5H;2-3H. The van der Waals surface area contributed by atoms with Gasteiger partial charge in [0.15, 0.2) is 0 Å². The highest BCUT2D eigenvalue weighted by molar-refractivity contribution is 6.13. The SMILES string of the molecule is O[B]O.c1ccncc1.c1ccncc1. The zero-order valence-corrected chi connectivity index (χ0v) is 8.14. The van der Waals surface area contributed by atoms with Crippen molar-refractivity contribution >= 4 is 7.69 Å². The average molecular weight is 203 g/mol. The van der Waals surface area contributed by atoms with E-state index in [1.165, 1.54) is 0 Å². The average Bonchev–Trinajstić information content (AvgIpc) is 2.35. The van der Waals surface area contributed by atoms with E-state index in [0.717, 1.165) is 0 Å². The smallest absolute Gasteiger partial charge is 0.429 e. The summed E-state index contributed by atoms with van der Waals surface area (Å²) >= 11 is 0. The van der Waals surface area contributed by atoms with Gasteiger partial charge in [-0.3, -0.25) is 9.97 Å². The number of hydrogen-bond donors (Lipinski definition) is 2. The van der Waals surface area contributed by atoms with Crippen molar-refractivity contribution in [2.75, 3.05) is 0 Å². The normalized spacial score (nSPS) is 7.33. The van der Waals surface area contributed by atoms with Crippen molar-refractivity contribution in [2.24, 2.45) is 0 Å². The zero-order valence-electron chi connectivity index (χ0n) is 8.14. The molecule has 0 aromatic carbocycles. The highest BCUT2D eigenvalue weighted by Gasteiger charge is 1.59. The van der Waals surface area contributed by atoms with Gasteiger partial charge in [-0.05, 0) is 24.3 Å². The molecule has 0 aliphatic carbocycles. The van der Waals surface area contributed by atoms with Crippen LogP contribution < -0.4 is 0 Å². The molecule has 0 aliphatic rings. The summed E-state index contributed by atoms with van der Waals surface area (Å²) < 4.78 is 0. The maximum atomic E-state index is 7.00. The minimum absolute atomic E-state index is 0. The first kappa shape index (κ1) is 13.3. The number of aromatic nitrogens is 2. The molecular weight excluding hydrogens is 191 g/mol. The van der Waals surface area contributed by atoms with Crippen molar-refractivity contribution in [1.29, 1.82) is 0 Å². The molecule has 2 N–H and O–H groups in total. The second kappa shape index (κ2) is 12.3. The van der Waals surface area contributed by atoms with Gasteiger partial charge in [0.25, 0.3) is 0 Å². The van der Waals surface area contributed by atoms with Gasteiger partial charge in [0, 0.05) is 24.8 Å². The van der Waals surface area contributed by atoms with Crippen LogP contribution in [0.25, 0.3) is 0 Å². The third kappa shape index (κ3) is 12.3. The summed E-state index contributed by atoms with van der Waals surface area (Å²) in [6, 6.07) is 11.4. The van der Waals surface area contributed by atoms with Crippen LogP contribution in [0.15, 0.2) is 61.2 Å². The van der Waals surface area contributed by atoms with Gasteiger partial charge >= 0.3 is 7.69 Å². The first-order valence-electron chi connectivity index (χ1n) is 4.22. The minimum atomic E-state index is 0. The molecule has 5 heteroatoms. The van der Waals surface area contributed by atoms with E-state index in [1.54, 1.807) is 24.8 Å². The Morgan fingerprint density at radius 2 is 0.867 bits per heavy atom. The van der Waals surface area contributed by atoms with Crippen LogP contribution in [0.2, 0.25) is 0 Å². The van der Waals surface area contributed by atoms with E-state index in [2.05, 4.69) is 9.97 Å². The summed E-state index contributed by atoms with van der Waals surface area (Å²) in [7, 11) is 0. The zero-order chi connectivity index (χ0) is 11.2. The molecule has 2 heterocycles. The number of nitrogens with zero attached hydrogens (tertiary/aromatic N) is 2. The number of rotatable bonds is 0. The van der Waals surface area contributed by atoms with E-state index < -0.39 is 0 Å². The van der Waals surface area contributed by atoms with Crippen LogP contribution in [0, 0.1) is 0 Å². The van der Waals surface area contributed by atoms with Gasteiger partial charge in [0.2, 0.25) is 0 Å². The van der Waals surface area contributed by atoms with Gasteiger partial charge in [-0.15, -0.1) is 0 Å². The summed E-state index contributed by atoms with van der Waals surface area (Å²) in [5.74, 6) is 0. The first-order chi connectivity index (χ1) is 7.41. The molecule has 0 atom stereocenters. The lowest BCUT2D eigenvalue weighted by molar-refractivity contribution is 0.448. The van der Waals surface area contributed by atoms with Crippen molar-refractivity contribution in [3.63, 3.8) is 0 Å². The third-order valence-electron chi connectivity index (χ3n) is 1.13. The van der Waals surface area contributed by atoms with Gasteiger partial charge in [0.1, 0.15) is 0 Å². The summed E-state index contributed by atoms with van der Waals surface area (Å²) in [4.78, 5) is 7.57. The van der Waals surface area contributed by atoms with E-state index >= 15 is 0 Å². The highest BCUT2D eigenvalue weighted by Crippen LogP contribution is 1.74. The van der Waals surface area contributed by atoms with E-state index in [-0.39, 0.29) is 7.69 Å². The molecule has 2 aromatic rings. The van der Waals surface area contributed by atoms with Crippen molar-refractivity contribution in [2.45, 2.75) is 0 Å². The molecule has 0 bridgehead atoms. The Kier molecular flexibility index (Phi) is 10.9. The monoisotopic (exact) mass is 203 g/mol. The molecule has 4 nitrogen and oxygen atoms in total. The van der Waals surface area contributed by atoms with Crippen LogP contribution in [0.5, 0.6) is 0 Å². The van der Waals surface area contributed by atoms with Crippen molar-refractivity contribution in [3.05, 3.63) is 61.2 Å². The molecule has 0 saturated carbocycles. The molecule has 77 valence electrons. The van der Waals surface area contributed by atoms with Crippen molar-refractivity contribution in [3.8, 4) is 0 Å². The summed E-state index contributed by atoms with van der Waals surface area (Å²) in [5.41, 5.74) is 0. The quantitative estimate of drug-likeness (QED) is 0.617. The van der Waals surface area contributed by atoms with Crippen LogP contribution in [0.4, 0.5) is 0 Å². The lowest BCUT2D eigenvalue weighted by Crippen LogP contribution is -1.75. The molecule has 2 rings (SSSR count). The molecule has 1 radical (unpaired) electrons. The van der Waals surface area contributed by atoms with E-state index in [1.807, 2.05) is 36.4 Å². The second-order valence-corrected chi connectivity index (χ2v) is 2.16. The predicted molar refractivity (Wildman–Crippen MR) is 58.7 cm³/mol. The highest BCUT2D eigenvalue weighted by atomic mass is 16.4. The third-order valence-corrected chi connectivity index (χ3v) is 1.13. The van der Waals surface area contributed by atoms with Crippen LogP contribution in [0.1, 0.15) is 0 Å². The Morgan fingerprint density at radius 3 is 0.933 bits per heavy atom. The molecule has 15 heavy (non-hydrogen) atoms. The van der Waals surface area contributed by atoms with Crippen LogP contribution in [-0.2, 0) is 0 Å². The number of hydrogen-bond acceptors (Lipinski definition) is 4. The Bertz CT molecular complexity index is 210. The Morgan fingerprint density at radius 1 is 0.600 bits per heavy atom. The maximum Gasteiger partial charge on any atom is 0.482 e. The van der Waals surface area contributed by atoms with Gasteiger partial charge < -0.3 is 10.0 Å². The van der Waals surface area contributed by atoms with Gasteiger partial charge in [-0.1, -0.05) is 12.1 Å². The number of pyridine rings is 2. The fourth-order valence-electron chi connectivity index (χ4n) is 0.625. The topological polar surface area (TPSA) is 66.2 Å². The molecule has 2 aromatic heterocycles. The van der Waals surface area contributed by atoms with Crippen molar-refractivity contribution in [1.82, 2.24) is 9.97 Å². The fourth-order valence-corrected chi connectivity index (χ4v) is 0.625. The van der Waals surface area contributed by atoms with E-state index in [4.69, 9.17) is 10.0 Å². The first-order valence-corrected chi connectivity index (χ1v) is 4.22. The van der Waals surface area contributed by atoms with Gasteiger partial charge in [-0.2, -0.15) is 0 Å². The summed E-state index contributed by atoms with van der Waals surface area (Å²) in [6.45, 7) is 0. The summed E-state index contributed by atoms with van der Waals surface area (Å²) in [5, 5.41) is 14.0. The van der Waals surface area contributed by atoms with E-state index in [9.17, 15) is 0 Å². The lowest BCUT2D eigenvalue weighted by Gasteiger charge is -1.70. The molecule has 0 spiro atoms. The van der Waals surface area contributed by atoms with Crippen LogP contribution >= 0.6 is 0 Å². The Hall–Kier alpha value is -1.72.